The van der Waals surface area contributed by atoms with Crippen LogP contribution in [0.4, 0.5) is 4.79 Å². The van der Waals surface area contributed by atoms with Gasteiger partial charge in [-0.25, -0.2) is 4.79 Å². The molecule has 1 aromatic rings. The fourth-order valence-electron chi connectivity index (χ4n) is 3.61. The zero-order valence-electron chi connectivity index (χ0n) is 18.4. The van der Waals surface area contributed by atoms with Crippen molar-refractivity contribution in [1.82, 2.24) is 4.90 Å². The first-order valence-corrected chi connectivity index (χ1v) is 11.6. The highest BCUT2D eigenvalue weighted by atomic mass is 32.2. The van der Waals surface area contributed by atoms with E-state index >= 15 is 0 Å². The summed E-state index contributed by atoms with van der Waals surface area (Å²) in [6.07, 6.45) is -0.452. The summed E-state index contributed by atoms with van der Waals surface area (Å²) < 4.78 is 41.0. The van der Waals surface area contributed by atoms with Gasteiger partial charge >= 0.3 is 12.1 Å². The van der Waals surface area contributed by atoms with Crippen LogP contribution in [0.15, 0.2) is 29.2 Å². The van der Waals surface area contributed by atoms with Crippen molar-refractivity contribution in [2.24, 2.45) is 5.92 Å². The number of hydrogen-bond acceptors (Lipinski definition) is 7. The molecular formula is C21H31NO8S. The number of rotatable bonds is 10. The van der Waals surface area contributed by atoms with E-state index in [1.165, 1.54) is 17.0 Å². The van der Waals surface area contributed by atoms with Crippen molar-refractivity contribution in [2.45, 2.75) is 63.6 Å². The van der Waals surface area contributed by atoms with Crippen LogP contribution in [0.25, 0.3) is 0 Å². The van der Waals surface area contributed by atoms with Gasteiger partial charge in [0.2, 0.25) is 0 Å². The molecule has 2 rings (SSSR count). The maximum atomic E-state index is 12.6. The van der Waals surface area contributed by atoms with Crippen LogP contribution in [0, 0.1) is 12.8 Å². The summed E-state index contributed by atoms with van der Waals surface area (Å²) in [7, 11) is -3.98. The van der Waals surface area contributed by atoms with E-state index in [1.54, 1.807) is 32.9 Å². The Hall–Kier alpha value is -2.17. The van der Waals surface area contributed by atoms with E-state index in [2.05, 4.69) is 0 Å². The number of esters is 1. The summed E-state index contributed by atoms with van der Waals surface area (Å²) in [5.41, 5.74) is -0.0688. The Morgan fingerprint density at radius 2 is 1.94 bits per heavy atom. The van der Waals surface area contributed by atoms with Crippen LogP contribution in [0.5, 0.6) is 0 Å². The highest BCUT2D eigenvalue weighted by Crippen LogP contribution is 2.32. The van der Waals surface area contributed by atoms with E-state index in [0.29, 0.717) is 12.8 Å². The van der Waals surface area contributed by atoms with E-state index < -0.39 is 39.9 Å². The van der Waals surface area contributed by atoms with Gasteiger partial charge in [0.1, 0.15) is 5.72 Å². The number of aryl methyl sites for hydroxylation is 1. The average molecular weight is 458 g/mol. The summed E-state index contributed by atoms with van der Waals surface area (Å²) in [5, 5.41) is 9.60. The lowest BCUT2D eigenvalue weighted by Crippen LogP contribution is -2.47. The molecule has 1 amide bonds. The maximum Gasteiger partial charge on any atom is 0.409 e. The molecule has 0 bridgehead atoms. The average Bonchev–Trinajstić information content (AvgIpc) is 2.98. The van der Waals surface area contributed by atoms with Gasteiger partial charge in [-0.3, -0.25) is 13.9 Å². The SMILES string of the molecule is CCOC(=O)CCC(COS(=O)(=O)c1ccc(C)cc1)CC1COC(C)(C)N1C(=O)O. The molecule has 0 radical (unpaired) electrons. The second-order valence-electron chi connectivity index (χ2n) is 8.06. The fourth-order valence-corrected chi connectivity index (χ4v) is 4.59. The predicted molar refractivity (Wildman–Crippen MR) is 112 cm³/mol. The lowest BCUT2D eigenvalue weighted by atomic mass is 9.95. The van der Waals surface area contributed by atoms with Gasteiger partial charge in [0.05, 0.1) is 30.8 Å². The van der Waals surface area contributed by atoms with E-state index in [1.807, 2.05) is 6.92 Å². The quantitative estimate of drug-likeness (QED) is 0.420. The van der Waals surface area contributed by atoms with Crippen LogP contribution in [-0.4, -0.2) is 62.1 Å². The number of nitrogens with zero attached hydrogens (tertiary/aromatic N) is 1. The molecule has 0 aliphatic carbocycles. The highest BCUT2D eigenvalue weighted by molar-refractivity contribution is 7.86. The number of hydrogen-bond donors (Lipinski definition) is 1. The third-order valence-corrected chi connectivity index (χ3v) is 6.51. The molecule has 0 spiro atoms. The lowest BCUT2D eigenvalue weighted by molar-refractivity contribution is -0.143. The molecule has 174 valence electrons. The van der Waals surface area contributed by atoms with Crippen LogP contribution in [0.2, 0.25) is 0 Å². The van der Waals surface area contributed by atoms with E-state index in [4.69, 9.17) is 13.7 Å². The van der Waals surface area contributed by atoms with Gasteiger partial charge in [0, 0.05) is 6.42 Å². The van der Waals surface area contributed by atoms with Crippen molar-refractivity contribution < 1.29 is 36.8 Å². The monoisotopic (exact) mass is 457 g/mol. The maximum absolute atomic E-state index is 12.6. The van der Waals surface area contributed by atoms with Crippen LogP contribution >= 0.6 is 0 Å². The van der Waals surface area contributed by atoms with Gasteiger partial charge in [0.25, 0.3) is 10.1 Å². The van der Waals surface area contributed by atoms with Crippen LogP contribution in [0.1, 0.15) is 45.6 Å². The number of ether oxygens (including phenoxy) is 2. The van der Waals surface area contributed by atoms with Crippen LogP contribution in [-0.2, 0) is 28.6 Å². The smallest absolute Gasteiger partial charge is 0.409 e. The Kier molecular flexibility index (Phi) is 8.44. The normalized spacial score (nSPS) is 19.2. The summed E-state index contributed by atoms with van der Waals surface area (Å²) in [4.78, 5) is 24.8. The van der Waals surface area contributed by atoms with Crippen molar-refractivity contribution in [1.29, 1.82) is 0 Å². The number of carbonyl (C=O) groups is 2. The molecule has 1 aromatic carbocycles. The Morgan fingerprint density at radius 3 is 2.52 bits per heavy atom. The molecule has 0 aromatic heterocycles. The standard InChI is InChI=1S/C21H31NO8S/c1-5-28-19(23)11-8-16(12-17-14-29-21(3,4)22(17)20(24)25)13-30-31(26,27)18-9-6-15(2)7-10-18/h6-7,9-10,16-17H,5,8,11-14H2,1-4H3,(H,24,25). The second-order valence-corrected chi connectivity index (χ2v) is 9.68. The molecule has 1 heterocycles. The minimum atomic E-state index is -3.98. The van der Waals surface area contributed by atoms with Gasteiger partial charge in [-0.1, -0.05) is 17.7 Å². The van der Waals surface area contributed by atoms with Gasteiger partial charge in [-0.15, -0.1) is 0 Å². The molecule has 9 nitrogen and oxygen atoms in total. The zero-order chi connectivity index (χ0) is 23.2. The first kappa shape index (κ1) is 25.1. The first-order valence-electron chi connectivity index (χ1n) is 10.2. The third kappa shape index (κ3) is 6.91. The number of benzene rings is 1. The molecule has 1 N–H and O–H groups in total. The Labute approximate surface area is 183 Å². The van der Waals surface area contributed by atoms with Crippen molar-refractivity contribution in [3.05, 3.63) is 29.8 Å². The molecule has 10 heteroatoms. The molecule has 1 fully saturated rings. The molecule has 31 heavy (non-hydrogen) atoms. The molecule has 2 atom stereocenters. The third-order valence-electron chi connectivity index (χ3n) is 5.22. The summed E-state index contributed by atoms with van der Waals surface area (Å²) in [6.45, 7) is 7.12. The van der Waals surface area contributed by atoms with E-state index in [-0.39, 0.29) is 31.1 Å². The topological polar surface area (TPSA) is 119 Å². The highest BCUT2D eigenvalue weighted by Gasteiger charge is 2.44. The molecule has 2 unspecified atom stereocenters. The fraction of sp³-hybridized carbons (Fsp3) is 0.619. The number of carboxylic acid groups (broad SMARTS) is 1. The van der Waals surface area contributed by atoms with Gasteiger partial charge in [-0.05, 0) is 58.6 Å². The van der Waals surface area contributed by atoms with Gasteiger partial charge in [-0.2, -0.15) is 8.42 Å². The first-order chi connectivity index (χ1) is 14.5. The Morgan fingerprint density at radius 1 is 1.29 bits per heavy atom. The Bertz CT molecular complexity index is 866. The van der Waals surface area contributed by atoms with Crippen molar-refractivity contribution >= 4 is 22.2 Å². The predicted octanol–water partition coefficient (Wildman–Crippen LogP) is 3.16. The summed E-state index contributed by atoms with van der Waals surface area (Å²) >= 11 is 0. The van der Waals surface area contributed by atoms with Crippen LogP contribution < -0.4 is 0 Å². The second kappa shape index (κ2) is 10.4. The van der Waals surface area contributed by atoms with E-state index in [9.17, 15) is 23.1 Å². The lowest BCUT2D eigenvalue weighted by Gasteiger charge is -2.32. The largest absolute Gasteiger partial charge is 0.466 e. The van der Waals surface area contributed by atoms with Gasteiger partial charge < -0.3 is 14.6 Å². The van der Waals surface area contributed by atoms with Crippen molar-refractivity contribution in [3.8, 4) is 0 Å². The molecule has 0 saturated carbocycles. The van der Waals surface area contributed by atoms with E-state index in [0.717, 1.165) is 5.56 Å². The number of carbonyl (C=O) groups excluding carboxylic acids is 1. The molecule has 1 saturated heterocycles. The summed E-state index contributed by atoms with van der Waals surface area (Å²) in [6, 6.07) is 5.81. The Balaban J connectivity index is 2.11. The minimum Gasteiger partial charge on any atom is -0.466 e. The van der Waals surface area contributed by atoms with Gasteiger partial charge in [0.15, 0.2) is 0 Å². The molecule has 1 aliphatic rings. The van der Waals surface area contributed by atoms with Crippen molar-refractivity contribution in [3.63, 3.8) is 0 Å². The van der Waals surface area contributed by atoms with Crippen LogP contribution in [0.3, 0.4) is 0 Å². The summed E-state index contributed by atoms with van der Waals surface area (Å²) in [5.74, 6) is -0.791. The number of amides is 1. The molecule has 1 aliphatic heterocycles. The molecular weight excluding hydrogens is 426 g/mol. The van der Waals surface area contributed by atoms with Crippen molar-refractivity contribution in [2.75, 3.05) is 19.8 Å². The minimum absolute atomic E-state index is 0.0414. The zero-order valence-corrected chi connectivity index (χ0v) is 19.2.